The number of hydrogen-bond donors (Lipinski definition) is 1. The number of amides is 2. The first-order valence-corrected chi connectivity index (χ1v) is 12.1. The summed E-state index contributed by atoms with van der Waals surface area (Å²) in [7, 11) is -0.772. The van der Waals surface area contributed by atoms with Gasteiger partial charge in [-0.25, -0.2) is 17.9 Å². The summed E-state index contributed by atoms with van der Waals surface area (Å²) in [6.45, 7) is 5.57. The molecule has 2 aliphatic rings. The quantitative estimate of drug-likeness (QED) is 0.689. The average molecular weight is 453 g/mol. The monoisotopic (exact) mass is 452 g/mol. The molecule has 10 heteroatoms. The lowest BCUT2D eigenvalue weighted by Crippen LogP contribution is -2.64. The molecule has 2 saturated heterocycles. The van der Waals surface area contributed by atoms with Crippen molar-refractivity contribution in [2.45, 2.75) is 43.2 Å². The Hall–Kier alpha value is -2.17. The molecule has 0 spiro atoms. The number of nitrogens with one attached hydrogen (secondary N) is 1. The topological polar surface area (TPSA) is 99.3 Å². The third-order valence-corrected chi connectivity index (χ3v) is 7.69. The Kier molecular flexibility index (Phi) is 7.55. The average Bonchev–Trinajstić information content (AvgIpc) is 3.28. The van der Waals surface area contributed by atoms with Crippen LogP contribution < -0.4 is 4.72 Å². The number of hydrogen-bond acceptors (Lipinski definition) is 6. The molecule has 3 rings (SSSR count). The van der Waals surface area contributed by atoms with Crippen LogP contribution in [-0.2, 0) is 26.0 Å². The second-order valence-electron chi connectivity index (χ2n) is 8.09. The Morgan fingerprint density at radius 3 is 2.26 bits per heavy atom. The third-order valence-electron chi connectivity index (χ3n) is 6.26. The smallest absolute Gasteiger partial charge is 0.409 e. The minimum Gasteiger partial charge on any atom is -0.453 e. The second-order valence-corrected chi connectivity index (χ2v) is 9.98. The molecule has 2 aliphatic heterocycles. The zero-order valence-corrected chi connectivity index (χ0v) is 19.2. The lowest BCUT2D eigenvalue weighted by molar-refractivity contribution is -0.137. The van der Waals surface area contributed by atoms with Crippen LogP contribution in [0, 0.1) is 0 Å². The number of likely N-dealkylation sites (tertiary alicyclic amines) is 1. The number of ether oxygens (including phenoxy) is 1. The molecule has 2 heterocycles. The molecule has 9 nitrogen and oxygen atoms in total. The second kappa shape index (κ2) is 9.97. The maximum atomic E-state index is 13.2. The van der Waals surface area contributed by atoms with Gasteiger partial charge in [0.25, 0.3) is 0 Å². The molecule has 172 valence electrons. The van der Waals surface area contributed by atoms with Gasteiger partial charge in [0.05, 0.1) is 30.5 Å². The van der Waals surface area contributed by atoms with E-state index in [9.17, 15) is 18.0 Å². The van der Waals surface area contributed by atoms with Crippen molar-refractivity contribution in [1.29, 1.82) is 0 Å². The normalized spacial score (nSPS) is 22.5. The SMILES string of the molecule is CNS(=O)(=O)c1ccc(CC(=O)N2CCN(C(=O)OC)C(C)C2CN2CCCC2)cc1. The highest BCUT2D eigenvalue weighted by atomic mass is 32.2. The van der Waals surface area contributed by atoms with Gasteiger partial charge in [-0.2, -0.15) is 0 Å². The number of piperazine rings is 1. The molecule has 0 aliphatic carbocycles. The van der Waals surface area contributed by atoms with Crippen LogP contribution in [0.4, 0.5) is 4.79 Å². The van der Waals surface area contributed by atoms with Gasteiger partial charge in [-0.05, 0) is 57.6 Å². The molecule has 2 fully saturated rings. The van der Waals surface area contributed by atoms with E-state index in [1.54, 1.807) is 17.0 Å². The van der Waals surface area contributed by atoms with E-state index in [0.29, 0.717) is 13.1 Å². The molecule has 0 radical (unpaired) electrons. The molecular weight excluding hydrogens is 420 g/mol. The van der Waals surface area contributed by atoms with Gasteiger partial charge in [0.2, 0.25) is 15.9 Å². The van der Waals surface area contributed by atoms with Gasteiger partial charge in [-0.3, -0.25) is 4.79 Å². The summed E-state index contributed by atoms with van der Waals surface area (Å²) >= 11 is 0. The molecule has 0 bridgehead atoms. The summed E-state index contributed by atoms with van der Waals surface area (Å²) in [6.07, 6.45) is 2.11. The molecule has 2 unspecified atom stereocenters. The van der Waals surface area contributed by atoms with Gasteiger partial charge >= 0.3 is 6.09 Å². The molecule has 2 atom stereocenters. The van der Waals surface area contributed by atoms with Crippen LogP contribution in [0.2, 0.25) is 0 Å². The van der Waals surface area contributed by atoms with Crippen molar-refractivity contribution in [3.8, 4) is 0 Å². The maximum absolute atomic E-state index is 13.2. The van der Waals surface area contributed by atoms with Gasteiger partial charge in [-0.15, -0.1) is 0 Å². The molecule has 1 aromatic rings. The highest BCUT2D eigenvalue weighted by Gasteiger charge is 2.39. The summed E-state index contributed by atoms with van der Waals surface area (Å²) in [5.41, 5.74) is 0.753. The van der Waals surface area contributed by atoms with E-state index in [1.165, 1.54) is 26.3 Å². The Morgan fingerprint density at radius 1 is 1.06 bits per heavy atom. The van der Waals surface area contributed by atoms with Crippen LogP contribution >= 0.6 is 0 Å². The van der Waals surface area contributed by atoms with E-state index in [-0.39, 0.29) is 35.4 Å². The summed E-state index contributed by atoms with van der Waals surface area (Å²) in [5.74, 6) is -0.0233. The molecule has 2 amide bonds. The lowest BCUT2D eigenvalue weighted by Gasteiger charge is -2.46. The van der Waals surface area contributed by atoms with E-state index in [1.807, 2.05) is 11.8 Å². The van der Waals surface area contributed by atoms with Crippen LogP contribution in [0.15, 0.2) is 29.2 Å². The van der Waals surface area contributed by atoms with Crippen LogP contribution in [0.5, 0.6) is 0 Å². The van der Waals surface area contributed by atoms with E-state index in [0.717, 1.165) is 38.0 Å². The van der Waals surface area contributed by atoms with Crippen molar-refractivity contribution in [1.82, 2.24) is 19.4 Å². The number of benzene rings is 1. The van der Waals surface area contributed by atoms with Gasteiger partial charge < -0.3 is 19.4 Å². The molecule has 31 heavy (non-hydrogen) atoms. The van der Waals surface area contributed by atoms with E-state index < -0.39 is 10.0 Å². The summed E-state index contributed by atoms with van der Waals surface area (Å²) in [4.78, 5) is 31.5. The minimum atomic E-state index is -3.51. The van der Waals surface area contributed by atoms with Crippen molar-refractivity contribution < 1.29 is 22.7 Å². The van der Waals surface area contributed by atoms with E-state index in [4.69, 9.17) is 4.74 Å². The fourth-order valence-electron chi connectivity index (χ4n) is 4.40. The number of nitrogens with zero attached hydrogens (tertiary/aromatic N) is 3. The maximum Gasteiger partial charge on any atom is 0.409 e. The van der Waals surface area contributed by atoms with Crippen molar-refractivity contribution in [2.75, 3.05) is 46.9 Å². The van der Waals surface area contributed by atoms with Crippen LogP contribution in [0.3, 0.4) is 0 Å². The Labute approximate surface area is 184 Å². The number of carbonyl (C=O) groups excluding carboxylic acids is 2. The van der Waals surface area contributed by atoms with E-state index >= 15 is 0 Å². The van der Waals surface area contributed by atoms with Gasteiger partial charge in [-0.1, -0.05) is 12.1 Å². The highest BCUT2D eigenvalue weighted by molar-refractivity contribution is 7.89. The third kappa shape index (κ3) is 5.36. The summed E-state index contributed by atoms with van der Waals surface area (Å²) < 4.78 is 31.0. The molecule has 0 saturated carbocycles. The molecule has 1 N–H and O–H groups in total. The molecular formula is C21H32N4O5S. The van der Waals surface area contributed by atoms with Crippen molar-refractivity contribution in [3.05, 3.63) is 29.8 Å². The predicted molar refractivity (Wildman–Crippen MR) is 116 cm³/mol. The zero-order valence-electron chi connectivity index (χ0n) is 18.4. The molecule has 1 aromatic carbocycles. The van der Waals surface area contributed by atoms with Crippen molar-refractivity contribution in [2.24, 2.45) is 0 Å². The number of rotatable bonds is 6. The van der Waals surface area contributed by atoms with Crippen molar-refractivity contribution >= 4 is 22.0 Å². The minimum absolute atomic E-state index is 0.0233. The van der Waals surface area contributed by atoms with Gasteiger partial charge in [0, 0.05) is 19.6 Å². The number of methoxy groups -OCH3 is 1. The van der Waals surface area contributed by atoms with Crippen molar-refractivity contribution in [3.63, 3.8) is 0 Å². The first kappa shape index (κ1) is 23.5. The lowest BCUT2D eigenvalue weighted by atomic mass is 10.0. The summed E-state index contributed by atoms with van der Waals surface area (Å²) in [6, 6.07) is 6.08. The molecule has 0 aromatic heterocycles. The van der Waals surface area contributed by atoms with Crippen LogP contribution in [0.1, 0.15) is 25.3 Å². The first-order valence-electron chi connectivity index (χ1n) is 10.7. The van der Waals surface area contributed by atoms with Gasteiger partial charge in [0.15, 0.2) is 0 Å². The number of carbonyl (C=O) groups is 2. The Morgan fingerprint density at radius 2 is 1.68 bits per heavy atom. The fraction of sp³-hybridized carbons (Fsp3) is 0.619. The fourth-order valence-corrected chi connectivity index (χ4v) is 5.13. The first-order chi connectivity index (χ1) is 14.8. The van der Waals surface area contributed by atoms with E-state index in [2.05, 4.69) is 9.62 Å². The zero-order chi connectivity index (χ0) is 22.6. The Balaban J connectivity index is 1.74. The number of sulfonamides is 1. The highest BCUT2D eigenvalue weighted by Crippen LogP contribution is 2.22. The predicted octanol–water partition coefficient (Wildman–Crippen LogP) is 0.901. The van der Waals surface area contributed by atoms with Crippen LogP contribution in [-0.4, -0.2) is 94.1 Å². The summed E-state index contributed by atoms with van der Waals surface area (Å²) in [5, 5.41) is 0. The van der Waals surface area contributed by atoms with Crippen LogP contribution in [0.25, 0.3) is 0 Å². The Bertz CT molecular complexity index is 884. The standard InChI is InChI=1S/C21H32N4O5S/c1-16-19(15-23-10-4-5-11-23)25(13-12-24(16)21(27)30-3)20(26)14-17-6-8-18(9-7-17)31(28,29)22-2/h6-9,16,19,22H,4-5,10-15H2,1-3H3. The largest absolute Gasteiger partial charge is 0.453 e. The van der Waals surface area contributed by atoms with Gasteiger partial charge in [0.1, 0.15) is 0 Å².